The van der Waals surface area contributed by atoms with Gasteiger partial charge < -0.3 is 30.5 Å². The summed E-state index contributed by atoms with van der Waals surface area (Å²) in [5, 5.41) is 3.51. The molecule has 6 rings (SSSR count). The second-order valence-corrected chi connectivity index (χ2v) is 12.4. The number of fused-ring (bicyclic) bond motifs is 1. The Bertz CT molecular complexity index is 1570. The number of amides is 1. The van der Waals surface area contributed by atoms with Crippen molar-refractivity contribution in [2.45, 2.75) is 38.8 Å². The predicted octanol–water partition coefficient (Wildman–Crippen LogP) is 5.93. The molecule has 3 aromatic rings. The first-order valence-electron chi connectivity index (χ1n) is 14.9. The van der Waals surface area contributed by atoms with E-state index in [1.165, 1.54) is 0 Å². The number of Topliss-reactive ketones (excluding diaryl/α,β-unsaturated/α-hetero) is 1. The van der Waals surface area contributed by atoms with Gasteiger partial charge in [-0.15, -0.1) is 0 Å². The number of piperazine rings is 1. The molecule has 0 spiro atoms. The monoisotopic (exact) mass is 577 g/mol. The van der Waals surface area contributed by atoms with Crippen molar-refractivity contribution in [3.63, 3.8) is 0 Å². The number of ketones is 1. The summed E-state index contributed by atoms with van der Waals surface area (Å²) >= 11 is 0. The second-order valence-electron chi connectivity index (χ2n) is 12.4. The van der Waals surface area contributed by atoms with E-state index < -0.39 is 5.60 Å². The molecule has 1 unspecified atom stereocenters. The number of anilines is 4. The van der Waals surface area contributed by atoms with Gasteiger partial charge in [0.05, 0.1) is 17.3 Å². The Morgan fingerprint density at radius 3 is 2.40 bits per heavy atom. The van der Waals surface area contributed by atoms with Crippen LogP contribution in [0.25, 0.3) is 0 Å². The fraction of sp³-hybridized carbons (Fsp3) is 0.314. The van der Waals surface area contributed by atoms with Gasteiger partial charge in [-0.2, -0.15) is 0 Å². The number of nitrogen functional groups attached to an aromatic ring is 1. The van der Waals surface area contributed by atoms with Gasteiger partial charge in [0.2, 0.25) is 0 Å². The molecular weight excluding hydrogens is 538 g/mol. The van der Waals surface area contributed by atoms with Gasteiger partial charge in [0, 0.05) is 61.9 Å². The molecule has 3 aliphatic rings. The molecule has 3 aromatic carbocycles. The first-order chi connectivity index (χ1) is 20.6. The zero-order chi connectivity index (χ0) is 30.1. The maximum absolute atomic E-state index is 14.1. The average Bonchev–Trinajstić information content (AvgIpc) is 3.14. The molecule has 43 heavy (non-hydrogen) atoms. The van der Waals surface area contributed by atoms with Crippen LogP contribution in [0, 0.1) is 0 Å². The number of carbonyl (C=O) groups excluding carboxylic acids is 2. The highest BCUT2D eigenvalue weighted by Gasteiger charge is 2.32. The molecule has 8 nitrogen and oxygen atoms in total. The number of ether oxygens (including phenoxy) is 1. The fourth-order valence-electron chi connectivity index (χ4n) is 5.89. The Morgan fingerprint density at radius 2 is 1.70 bits per heavy atom. The fourth-order valence-corrected chi connectivity index (χ4v) is 5.89. The van der Waals surface area contributed by atoms with Gasteiger partial charge in [-0.3, -0.25) is 4.79 Å². The number of hydrogen-bond acceptors (Lipinski definition) is 7. The van der Waals surface area contributed by atoms with Crippen LogP contribution < -0.4 is 20.9 Å². The summed E-state index contributed by atoms with van der Waals surface area (Å²) < 4.78 is 5.53. The molecule has 2 aliphatic heterocycles. The summed E-state index contributed by atoms with van der Waals surface area (Å²) in [7, 11) is 0. The highest BCUT2D eigenvalue weighted by Crippen LogP contribution is 2.38. The minimum Gasteiger partial charge on any atom is -0.444 e. The maximum atomic E-state index is 14.1. The molecular formula is C35H39N5O3. The molecule has 2 heterocycles. The van der Waals surface area contributed by atoms with Crippen molar-refractivity contribution in [1.82, 2.24) is 4.90 Å². The number of nitrogens with one attached hydrogen (secondary N) is 1. The molecule has 8 heteroatoms. The second kappa shape index (κ2) is 11.5. The van der Waals surface area contributed by atoms with Gasteiger partial charge >= 0.3 is 6.09 Å². The van der Waals surface area contributed by atoms with Crippen molar-refractivity contribution < 1.29 is 14.3 Å². The highest BCUT2D eigenvalue weighted by molar-refractivity contribution is 6.06. The van der Waals surface area contributed by atoms with E-state index >= 15 is 0 Å². The molecule has 0 radical (unpaired) electrons. The van der Waals surface area contributed by atoms with Crippen LogP contribution in [-0.4, -0.2) is 55.1 Å². The molecule has 1 aliphatic carbocycles. The van der Waals surface area contributed by atoms with Crippen molar-refractivity contribution in [2.24, 2.45) is 0 Å². The van der Waals surface area contributed by atoms with Gasteiger partial charge in [0.15, 0.2) is 5.78 Å². The van der Waals surface area contributed by atoms with E-state index in [9.17, 15) is 9.59 Å². The number of allylic oxidation sites excluding steroid dienone is 2. The van der Waals surface area contributed by atoms with E-state index in [-0.39, 0.29) is 17.8 Å². The van der Waals surface area contributed by atoms with E-state index in [2.05, 4.69) is 51.5 Å². The predicted molar refractivity (Wildman–Crippen MR) is 172 cm³/mol. The molecule has 0 aromatic heterocycles. The summed E-state index contributed by atoms with van der Waals surface area (Å²) in [6, 6.07) is 24.4. The van der Waals surface area contributed by atoms with Crippen LogP contribution in [0.3, 0.4) is 0 Å². The Kier molecular flexibility index (Phi) is 7.61. The summed E-state index contributed by atoms with van der Waals surface area (Å²) in [6.45, 7) is 9.46. The first-order valence-corrected chi connectivity index (χ1v) is 14.9. The average molecular weight is 578 g/mol. The van der Waals surface area contributed by atoms with Crippen LogP contribution in [0.4, 0.5) is 27.5 Å². The lowest BCUT2D eigenvalue weighted by molar-refractivity contribution is -0.116. The molecule has 1 fully saturated rings. The lowest BCUT2D eigenvalue weighted by atomic mass is 9.85. The third-order valence-corrected chi connectivity index (χ3v) is 8.11. The van der Waals surface area contributed by atoms with Crippen molar-refractivity contribution in [2.75, 3.05) is 53.6 Å². The molecule has 0 saturated carbocycles. The van der Waals surface area contributed by atoms with Gasteiger partial charge in [-0.1, -0.05) is 48.5 Å². The number of nitrogens with two attached hydrogens (primary N) is 1. The molecule has 1 atom stereocenters. The van der Waals surface area contributed by atoms with Crippen molar-refractivity contribution in [1.29, 1.82) is 0 Å². The van der Waals surface area contributed by atoms with Gasteiger partial charge in [0.25, 0.3) is 0 Å². The van der Waals surface area contributed by atoms with Crippen molar-refractivity contribution >= 4 is 34.6 Å². The van der Waals surface area contributed by atoms with Crippen LogP contribution >= 0.6 is 0 Å². The topological polar surface area (TPSA) is 91.1 Å². The summed E-state index contributed by atoms with van der Waals surface area (Å²) in [6.07, 6.45) is 3.77. The molecule has 1 saturated heterocycles. The van der Waals surface area contributed by atoms with E-state index in [1.807, 2.05) is 69.3 Å². The minimum absolute atomic E-state index is 0.0996. The first kappa shape index (κ1) is 28.4. The molecule has 3 N–H and O–H groups in total. The Balaban J connectivity index is 1.17. The smallest absolute Gasteiger partial charge is 0.410 e. The molecule has 1 amide bonds. The number of hydrogen-bond donors (Lipinski definition) is 2. The number of nitrogens with zero attached hydrogens (tertiary/aromatic N) is 3. The van der Waals surface area contributed by atoms with Gasteiger partial charge in [-0.25, -0.2) is 4.79 Å². The summed E-state index contributed by atoms with van der Waals surface area (Å²) in [5.41, 5.74) is 13.1. The van der Waals surface area contributed by atoms with E-state index in [0.717, 1.165) is 52.5 Å². The van der Waals surface area contributed by atoms with E-state index in [1.54, 1.807) is 4.90 Å². The SMILES string of the molecule is CC(C)(C)OC(=O)N1CCN(c2ccc(C3C=CC4=C(CN(Cc5ccccc5)c5cc(N)ccc5N4)C3=O)cc2)CC1. The standard InChI is InChI=1S/C35H39N5O3/c1-35(2,3)43-34(42)39-19-17-38(18-20-39)27-12-9-25(10-13-27)28-14-16-30-29(33(28)41)23-40(22-24-7-5-4-6-8-24)32-21-26(36)11-15-31(32)37-30/h4-16,21,28,37H,17-20,22-23,36H2,1-3H3. The lowest BCUT2D eigenvalue weighted by Crippen LogP contribution is -2.50. The third kappa shape index (κ3) is 6.23. The van der Waals surface area contributed by atoms with E-state index in [4.69, 9.17) is 10.5 Å². The van der Waals surface area contributed by atoms with Crippen LogP contribution in [0.5, 0.6) is 0 Å². The van der Waals surface area contributed by atoms with Crippen LogP contribution in [0.2, 0.25) is 0 Å². The Labute approximate surface area is 253 Å². The van der Waals surface area contributed by atoms with Crippen LogP contribution in [0.15, 0.2) is 96.2 Å². The Morgan fingerprint density at radius 1 is 0.977 bits per heavy atom. The van der Waals surface area contributed by atoms with E-state index in [0.29, 0.717) is 31.9 Å². The lowest BCUT2D eigenvalue weighted by Gasteiger charge is -2.36. The normalized spacial score (nSPS) is 18.5. The largest absolute Gasteiger partial charge is 0.444 e. The summed E-state index contributed by atoms with van der Waals surface area (Å²) in [5.74, 6) is -0.258. The molecule has 222 valence electrons. The van der Waals surface area contributed by atoms with Crippen molar-refractivity contribution in [3.8, 4) is 0 Å². The Hall–Kier alpha value is -4.72. The van der Waals surface area contributed by atoms with Gasteiger partial charge in [-0.05, 0) is 68.3 Å². The zero-order valence-electron chi connectivity index (χ0n) is 25.0. The third-order valence-electron chi connectivity index (χ3n) is 8.11. The molecule has 0 bridgehead atoms. The van der Waals surface area contributed by atoms with Gasteiger partial charge in [0.1, 0.15) is 5.60 Å². The van der Waals surface area contributed by atoms with Crippen molar-refractivity contribution in [3.05, 3.63) is 107 Å². The summed E-state index contributed by atoms with van der Waals surface area (Å²) in [4.78, 5) is 32.8. The van der Waals surface area contributed by atoms with Crippen LogP contribution in [0.1, 0.15) is 37.8 Å². The van der Waals surface area contributed by atoms with Crippen LogP contribution in [-0.2, 0) is 16.1 Å². The minimum atomic E-state index is -0.503. The quantitative estimate of drug-likeness (QED) is 0.371. The highest BCUT2D eigenvalue weighted by atomic mass is 16.6. The number of carbonyl (C=O) groups is 2. The number of rotatable bonds is 4. The maximum Gasteiger partial charge on any atom is 0.410 e. The number of benzene rings is 3. The zero-order valence-corrected chi connectivity index (χ0v) is 25.0.